The Morgan fingerprint density at radius 1 is 1.26 bits per heavy atom. The van der Waals surface area contributed by atoms with Crippen LogP contribution in [0.25, 0.3) is 0 Å². The lowest BCUT2D eigenvalue weighted by molar-refractivity contribution is 0.307. The van der Waals surface area contributed by atoms with Crippen LogP contribution < -0.4 is 5.32 Å². The van der Waals surface area contributed by atoms with Crippen molar-refractivity contribution in [3.05, 3.63) is 34.3 Å². The highest BCUT2D eigenvalue weighted by atomic mass is 79.9. The Morgan fingerprint density at radius 3 is 2.79 bits per heavy atom. The summed E-state index contributed by atoms with van der Waals surface area (Å²) in [5, 5.41) is 3.82. The van der Waals surface area contributed by atoms with Gasteiger partial charge in [-0.2, -0.15) is 0 Å². The van der Waals surface area contributed by atoms with E-state index < -0.39 is 0 Å². The largest absolute Gasteiger partial charge is 0.307 e. The Bertz CT molecular complexity index is 413. The molecule has 1 saturated carbocycles. The Balaban J connectivity index is 1.93. The molecule has 1 aromatic rings. The highest BCUT2D eigenvalue weighted by molar-refractivity contribution is 9.10. The molecule has 0 radical (unpaired) electrons. The predicted molar refractivity (Wildman–Crippen MR) is 86.3 cm³/mol. The summed E-state index contributed by atoms with van der Waals surface area (Å²) < 4.78 is 1.17. The summed E-state index contributed by atoms with van der Waals surface area (Å²) in [4.78, 5) is 0. The molecule has 1 aliphatic rings. The van der Waals surface area contributed by atoms with Crippen LogP contribution in [0.15, 0.2) is 28.7 Å². The Labute approximate surface area is 126 Å². The number of halogens is 1. The lowest BCUT2D eigenvalue weighted by Gasteiger charge is -2.24. The van der Waals surface area contributed by atoms with Crippen molar-refractivity contribution in [1.82, 2.24) is 5.32 Å². The maximum Gasteiger partial charge on any atom is 0.0294 e. The third-order valence-corrected chi connectivity index (χ3v) is 4.90. The fourth-order valence-electron chi connectivity index (χ4n) is 3.05. The minimum absolute atomic E-state index is 0.434. The van der Waals surface area contributed by atoms with Gasteiger partial charge in [-0.05, 0) is 55.7 Å². The van der Waals surface area contributed by atoms with Gasteiger partial charge in [0.1, 0.15) is 0 Å². The van der Waals surface area contributed by atoms with E-state index >= 15 is 0 Å². The molecule has 0 bridgehead atoms. The van der Waals surface area contributed by atoms with Crippen molar-refractivity contribution in [1.29, 1.82) is 0 Å². The first kappa shape index (κ1) is 15.1. The zero-order valence-electron chi connectivity index (χ0n) is 12.4. The summed E-state index contributed by atoms with van der Waals surface area (Å²) in [5.74, 6) is 0. The average molecular weight is 324 g/mol. The first-order valence-corrected chi connectivity index (χ1v) is 8.27. The second kappa shape index (κ2) is 6.41. The monoisotopic (exact) mass is 323 g/mol. The van der Waals surface area contributed by atoms with Crippen molar-refractivity contribution in [2.45, 2.75) is 65.0 Å². The molecule has 2 heteroatoms. The highest BCUT2D eigenvalue weighted by Crippen LogP contribution is 2.34. The third-order valence-electron chi connectivity index (χ3n) is 4.41. The van der Waals surface area contributed by atoms with E-state index in [9.17, 15) is 0 Å². The van der Waals surface area contributed by atoms with E-state index in [-0.39, 0.29) is 0 Å². The van der Waals surface area contributed by atoms with Gasteiger partial charge in [0.05, 0.1) is 0 Å². The smallest absolute Gasteiger partial charge is 0.0294 e. The molecule has 1 aromatic carbocycles. The summed E-state index contributed by atoms with van der Waals surface area (Å²) >= 11 is 3.56. The van der Waals surface area contributed by atoms with Crippen molar-refractivity contribution in [2.75, 3.05) is 0 Å². The molecular weight excluding hydrogens is 298 g/mol. The summed E-state index contributed by atoms with van der Waals surface area (Å²) in [7, 11) is 0. The summed E-state index contributed by atoms with van der Waals surface area (Å²) in [5.41, 5.74) is 1.91. The number of hydrogen-bond acceptors (Lipinski definition) is 1. The average Bonchev–Trinajstić information content (AvgIpc) is 2.51. The molecule has 0 amide bonds. The SMILES string of the molecule is C[C@@H](NC1CCCC(C)(C)CC1)c1cccc(Br)c1. The van der Waals surface area contributed by atoms with Crippen LogP contribution in [0, 0.1) is 5.41 Å². The molecule has 2 atom stereocenters. The topological polar surface area (TPSA) is 12.0 Å². The van der Waals surface area contributed by atoms with Crippen molar-refractivity contribution in [3.8, 4) is 0 Å². The van der Waals surface area contributed by atoms with Crippen LogP contribution in [-0.4, -0.2) is 6.04 Å². The summed E-state index contributed by atoms with van der Waals surface area (Å²) in [6.07, 6.45) is 6.70. The quantitative estimate of drug-likeness (QED) is 0.728. The first-order valence-electron chi connectivity index (χ1n) is 7.48. The second-order valence-corrected chi connectivity index (χ2v) is 7.65. The molecule has 0 spiro atoms. The standard InChI is InChI=1S/C17H26BrN/c1-13(14-6-4-7-15(18)12-14)19-16-8-5-10-17(2,3)11-9-16/h4,6-7,12-13,16,19H,5,8-11H2,1-3H3/t13-,16?/m1/s1. The van der Waals surface area contributed by atoms with E-state index in [0.29, 0.717) is 17.5 Å². The van der Waals surface area contributed by atoms with E-state index in [0.717, 1.165) is 0 Å². The molecule has 2 rings (SSSR count). The zero-order chi connectivity index (χ0) is 13.9. The van der Waals surface area contributed by atoms with Crippen LogP contribution in [-0.2, 0) is 0 Å². The Kier molecular flexibility index (Phi) is 5.08. The molecule has 0 aromatic heterocycles. The molecule has 1 aliphatic carbocycles. The summed E-state index contributed by atoms with van der Waals surface area (Å²) in [6, 6.07) is 9.75. The minimum Gasteiger partial charge on any atom is -0.307 e. The molecule has 19 heavy (non-hydrogen) atoms. The molecule has 1 unspecified atom stereocenters. The Morgan fingerprint density at radius 2 is 2.05 bits per heavy atom. The fraction of sp³-hybridized carbons (Fsp3) is 0.647. The molecule has 0 aliphatic heterocycles. The lowest BCUT2D eigenvalue weighted by atomic mass is 9.85. The van der Waals surface area contributed by atoms with E-state index in [1.807, 2.05) is 0 Å². The van der Waals surface area contributed by atoms with Crippen molar-refractivity contribution in [2.24, 2.45) is 5.41 Å². The van der Waals surface area contributed by atoms with Gasteiger partial charge < -0.3 is 5.32 Å². The van der Waals surface area contributed by atoms with Crippen molar-refractivity contribution < 1.29 is 0 Å². The number of nitrogens with one attached hydrogen (secondary N) is 1. The maximum absolute atomic E-state index is 3.82. The van der Waals surface area contributed by atoms with Gasteiger partial charge in [-0.25, -0.2) is 0 Å². The fourth-order valence-corrected chi connectivity index (χ4v) is 3.47. The van der Waals surface area contributed by atoms with E-state index in [1.54, 1.807) is 0 Å². The van der Waals surface area contributed by atoms with Crippen LogP contribution in [0.1, 0.15) is 64.5 Å². The first-order chi connectivity index (χ1) is 8.96. The summed E-state index contributed by atoms with van der Waals surface area (Å²) in [6.45, 7) is 7.10. The zero-order valence-corrected chi connectivity index (χ0v) is 14.0. The molecule has 0 heterocycles. The van der Waals surface area contributed by atoms with Crippen LogP contribution >= 0.6 is 15.9 Å². The molecule has 0 saturated heterocycles. The van der Waals surface area contributed by atoms with E-state index in [1.165, 1.54) is 42.1 Å². The number of benzene rings is 1. The van der Waals surface area contributed by atoms with Crippen molar-refractivity contribution in [3.63, 3.8) is 0 Å². The third kappa shape index (κ3) is 4.61. The van der Waals surface area contributed by atoms with Gasteiger partial charge in [0.15, 0.2) is 0 Å². The van der Waals surface area contributed by atoms with Crippen LogP contribution in [0.3, 0.4) is 0 Å². The van der Waals surface area contributed by atoms with Crippen LogP contribution in [0.4, 0.5) is 0 Å². The molecular formula is C17H26BrN. The van der Waals surface area contributed by atoms with Gasteiger partial charge in [-0.3, -0.25) is 0 Å². The van der Waals surface area contributed by atoms with Gasteiger partial charge in [0.2, 0.25) is 0 Å². The van der Waals surface area contributed by atoms with Crippen molar-refractivity contribution >= 4 is 15.9 Å². The second-order valence-electron chi connectivity index (χ2n) is 6.74. The normalized spacial score (nSPS) is 24.7. The number of rotatable bonds is 3. The predicted octanol–water partition coefficient (Wildman–Crippen LogP) is 5.46. The van der Waals surface area contributed by atoms with Gasteiger partial charge in [0.25, 0.3) is 0 Å². The van der Waals surface area contributed by atoms with Crippen LogP contribution in [0.5, 0.6) is 0 Å². The molecule has 1 fully saturated rings. The van der Waals surface area contributed by atoms with E-state index in [4.69, 9.17) is 0 Å². The van der Waals surface area contributed by atoms with Gasteiger partial charge >= 0.3 is 0 Å². The molecule has 1 N–H and O–H groups in total. The number of hydrogen-bond donors (Lipinski definition) is 1. The van der Waals surface area contributed by atoms with Gasteiger partial charge in [0, 0.05) is 16.6 Å². The van der Waals surface area contributed by atoms with Gasteiger partial charge in [-0.1, -0.05) is 48.3 Å². The Hall–Kier alpha value is -0.340. The highest BCUT2D eigenvalue weighted by Gasteiger charge is 2.25. The van der Waals surface area contributed by atoms with E-state index in [2.05, 4.69) is 66.3 Å². The maximum atomic E-state index is 3.82. The van der Waals surface area contributed by atoms with Crippen LogP contribution in [0.2, 0.25) is 0 Å². The molecule has 106 valence electrons. The minimum atomic E-state index is 0.434. The lowest BCUT2D eigenvalue weighted by Crippen LogP contribution is -2.31. The molecule has 1 nitrogen and oxygen atoms in total. The van der Waals surface area contributed by atoms with Gasteiger partial charge in [-0.15, -0.1) is 0 Å².